The number of thiocarbonyl (C=S) groups is 1. The average molecular weight is 453 g/mol. The van der Waals surface area contributed by atoms with Crippen LogP contribution in [-0.2, 0) is 0 Å². The molecule has 31 heavy (non-hydrogen) atoms. The van der Waals surface area contributed by atoms with E-state index in [4.69, 9.17) is 16.6 Å². The minimum Gasteiger partial charge on any atom is -0.451 e. The summed E-state index contributed by atoms with van der Waals surface area (Å²) in [5.41, 5.74) is 3.53. The molecule has 156 valence electrons. The Morgan fingerprint density at radius 3 is 2.77 bits per heavy atom. The highest BCUT2D eigenvalue weighted by Gasteiger charge is 2.16. The summed E-state index contributed by atoms with van der Waals surface area (Å²) in [5.74, 6) is -0.173. The van der Waals surface area contributed by atoms with Gasteiger partial charge in [-0.1, -0.05) is 29.5 Å². The second kappa shape index (κ2) is 8.25. The van der Waals surface area contributed by atoms with Gasteiger partial charge in [-0.15, -0.1) is 0 Å². The minimum atomic E-state index is -0.540. The molecular weight excluding hydrogens is 436 g/mol. The molecule has 0 aliphatic rings. The van der Waals surface area contributed by atoms with E-state index in [9.17, 15) is 14.9 Å². The van der Waals surface area contributed by atoms with E-state index in [1.165, 1.54) is 29.5 Å². The van der Waals surface area contributed by atoms with Gasteiger partial charge < -0.3 is 9.73 Å². The second-order valence-corrected chi connectivity index (χ2v) is 8.27. The first-order chi connectivity index (χ1) is 14.8. The highest BCUT2D eigenvalue weighted by molar-refractivity contribution is 7.80. The first-order valence-electron chi connectivity index (χ1n) is 9.15. The molecule has 2 aromatic carbocycles. The largest absolute Gasteiger partial charge is 0.451 e. The molecule has 8 nitrogen and oxygen atoms in total. The Morgan fingerprint density at radius 2 is 2.00 bits per heavy atom. The summed E-state index contributed by atoms with van der Waals surface area (Å²) >= 11 is 6.67. The summed E-state index contributed by atoms with van der Waals surface area (Å²) in [4.78, 5) is 27.5. The van der Waals surface area contributed by atoms with Crippen molar-refractivity contribution in [3.8, 4) is 11.3 Å². The maximum absolute atomic E-state index is 12.5. The van der Waals surface area contributed by atoms with Crippen LogP contribution in [0.15, 0.2) is 52.9 Å². The van der Waals surface area contributed by atoms with Gasteiger partial charge in [0.25, 0.3) is 11.6 Å². The van der Waals surface area contributed by atoms with E-state index in [0.29, 0.717) is 16.5 Å². The maximum Gasteiger partial charge on any atom is 0.293 e. The molecule has 2 heterocycles. The van der Waals surface area contributed by atoms with E-state index in [2.05, 4.69) is 21.7 Å². The van der Waals surface area contributed by atoms with Crippen LogP contribution in [0.1, 0.15) is 21.7 Å². The fourth-order valence-corrected chi connectivity index (χ4v) is 4.41. The molecule has 1 amide bonds. The third-order valence-electron chi connectivity index (χ3n) is 4.45. The molecular formula is C21H16N4O4S2. The summed E-state index contributed by atoms with van der Waals surface area (Å²) < 4.78 is 6.59. The van der Waals surface area contributed by atoms with Crippen molar-refractivity contribution in [1.29, 1.82) is 0 Å². The van der Waals surface area contributed by atoms with Crippen molar-refractivity contribution in [2.24, 2.45) is 0 Å². The summed E-state index contributed by atoms with van der Waals surface area (Å²) in [5, 5.41) is 17.1. The zero-order chi connectivity index (χ0) is 22.1. The van der Waals surface area contributed by atoms with Crippen molar-refractivity contribution in [2.75, 3.05) is 5.32 Å². The van der Waals surface area contributed by atoms with Gasteiger partial charge >= 0.3 is 0 Å². The van der Waals surface area contributed by atoms with Crippen molar-refractivity contribution >= 4 is 55.6 Å². The lowest BCUT2D eigenvalue weighted by Gasteiger charge is -2.05. The molecule has 0 bridgehead atoms. The predicted molar refractivity (Wildman–Crippen MR) is 124 cm³/mol. The van der Waals surface area contributed by atoms with Gasteiger partial charge in [0.15, 0.2) is 16.0 Å². The van der Waals surface area contributed by atoms with E-state index in [1.54, 1.807) is 18.2 Å². The number of furan rings is 1. The quantitative estimate of drug-likeness (QED) is 0.248. The van der Waals surface area contributed by atoms with E-state index < -0.39 is 10.8 Å². The molecule has 0 atom stereocenters. The van der Waals surface area contributed by atoms with Crippen LogP contribution in [-0.4, -0.2) is 20.9 Å². The third kappa shape index (κ3) is 4.44. The standard InChI is InChI=1S/C21H16N4O4S2/c1-11-8-12(2)18-17(9-11)31-21(22-18)24-20(30)23-19(26)16-7-6-15(29-16)13-4-3-5-14(10-13)25(27)28/h3-10H,1-2H3,(H2,22,23,24,26,30). The van der Waals surface area contributed by atoms with Crippen molar-refractivity contribution in [3.63, 3.8) is 0 Å². The van der Waals surface area contributed by atoms with Gasteiger partial charge in [-0.2, -0.15) is 0 Å². The number of fused-ring (bicyclic) bond motifs is 1. The van der Waals surface area contributed by atoms with Crippen LogP contribution < -0.4 is 10.6 Å². The Morgan fingerprint density at radius 1 is 1.19 bits per heavy atom. The molecule has 0 saturated carbocycles. The van der Waals surface area contributed by atoms with Crippen LogP contribution in [0.25, 0.3) is 21.5 Å². The normalized spacial score (nSPS) is 10.8. The summed E-state index contributed by atoms with van der Waals surface area (Å²) in [6.45, 7) is 4.02. The molecule has 0 aliphatic heterocycles. The molecule has 0 fully saturated rings. The smallest absolute Gasteiger partial charge is 0.293 e. The molecule has 0 spiro atoms. The summed E-state index contributed by atoms with van der Waals surface area (Å²) in [7, 11) is 0. The number of nitrogens with zero attached hydrogens (tertiary/aromatic N) is 2. The molecule has 2 N–H and O–H groups in total. The van der Waals surface area contributed by atoms with Crippen molar-refractivity contribution < 1.29 is 14.1 Å². The molecule has 4 aromatic rings. The number of anilines is 1. The molecule has 0 unspecified atom stereocenters. The van der Waals surface area contributed by atoms with Crippen molar-refractivity contribution in [3.05, 3.63) is 75.5 Å². The van der Waals surface area contributed by atoms with Crippen LogP contribution in [0.5, 0.6) is 0 Å². The summed E-state index contributed by atoms with van der Waals surface area (Å²) in [6.07, 6.45) is 0. The van der Waals surface area contributed by atoms with Crippen molar-refractivity contribution in [1.82, 2.24) is 10.3 Å². The number of aromatic nitrogens is 1. The zero-order valence-electron chi connectivity index (χ0n) is 16.5. The maximum atomic E-state index is 12.5. The number of hydrogen-bond acceptors (Lipinski definition) is 7. The minimum absolute atomic E-state index is 0.0291. The lowest BCUT2D eigenvalue weighted by atomic mass is 10.1. The van der Waals surface area contributed by atoms with E-state index in [1.807, 2.05) is 19.9 Å². The highest BCUT2D eigenvalue weighted by Crippen LogP contribution is 2.29. The van der Waals surface area contributed by atoms with Gasteiger partial charge in [-0.25, -0.2) is 4.98 Å². The van der Waals surface area contributed by atoms with E-state index in [0.717, 1.165) is 21.3 Å². The fraction of sp³-hybridized carbons (Fsp3) is 0.0952. The van der Waals surface area contributed by atoms with Gasteiger partial charge in [-0.3, -0.25) is 20.2 Å². The number of benzene rings is 2. The molecule has 10 heteroatoms. The Hall–Kier alpha value is -3.63. The number of thiazole rings is 1. The van der Waals surface area contributed by atoms with Gasteiger partial charge in [0.05, 0.1) is 15.1 Å². The zero-order valence-corrected chi connectivity index (χ0v) is 18.1. The van der Waals surface area contributed by atoms with Crippen LogP contribution in [0.4, 0.5) is 10.8 Å². The number of nitro groups is 1. The lowest BCUT2D eigenvalue weighted by molar-refractivity contribution is -0.384. The first kappa shape index (κ1) is 20.6. The number of rotatable bonds is 4. The molecule has 0 saturated heterocycles. The van der Waals surface area contributed by atoms with Crippen LogP contribution in [0.3, 0.4) is 0 Å². The second-order valence-electron chi connectivity index (χ2n) is 6.83. The van der Waals surface area contributed by atoms with Crippen LogP contribution in [0, 0.1) is 24.0 Å². The Balaban J connectivity index is 1.45. The number of non-ortho nitro benzene ring substituents is 1. The summed E-state index contributed by atoms with van der Waals surface area (Å²) in [6, 6.07) is 13.1. The van der Waals surface area contributed by atoms with Crippen LogP contribution >= 0.6 is 23.6 Å². The van der Waals surface area contributed by atoms with Gasteiger partial charge in [-0.05, 0) is 55.4 Å². The highest BCUT2D eigenvalue weighted by atomic mass is 32.1. The monoisotopic (exact) mass is 452 g/mol. The topological polar surface area (TPSA) is 110 Å². The molecule has 4 rings (SSSR count). The number of amides is 1. The Kier molecular flexibility index (Phi) is 5.49. The van der Waals surface area contributed by atoms with Gasteiger partial charge in [0.1, 0.15) is 5.76 Å². The number of hydrogen-bond donors (Lipinski definition) is 2. The molecule has 2 aromatic heterocycles. The van der Waals surface area contributed by atoms with Gasteiger partial charge in [0.2, 0.25) is 0 Å². The predicted octanol–water partition coefficient (Wildman–Crippen LogP) is 5.21. The van der Waals surface area contributed by atoms with Crippen LogP contribution in [0.2, 0.25) is 0 Å². The Labute approximate surface area is 186 Å². The Bertz CT molecular complexity index is 1340. The SMILES string of the molecule is Cc1cc(C)c2nc(NC(=S)NC(=O)c3ccc(-c4cccc([N+](=O)[O-])c4)o3)sc2c1. The third-order valence-corrected chi connectivity index (χ3v) is 5.57. The van der Waals surface area contributed by atoms with Gasteiger partial charge in [0, 0.05) is 17.7 Å². The number of aryl methyl sites for hydroxylation is 2. The van der Waals surface area contributed by atoms with Crippen molar-refractivity contribution in [2.45, 2.75) is 13.8 Å². The molecule has 0 radical (unpaired) electrons. The molecule has 0 aliphatic carbocycles. The number of nitrogens with one attached hydrogen (secondary N) is 2. The lowest BCUT2D eigenvalue weighted by Crippen LogP contribution is -2.33. The fourth-order valence-electron chi connectivity index (χ4n) is 3.10. The number of carbonyl (C=O) groups is 1. The first-order valence-corrected chi connectivity index (χ1v) is 10.4. The van der Waals surface area contributed by atoms with E-state index in [-0.39, 0.29) is 16.6 Å². The average Bonchev–Trinajstić information content (AvgIpc) is 3.35. The number of carbonyl (C=O) groups excluding carboxylic acids is 1. The van der Waals surface area contributed by atoms with E-state index >= 15 is 0 Å². The number of nitro benzene ring substituents is 1.